The number of carbonyl (C=O) groups is 3. The van der Waals surface area contributed by atoms with Crippen molar-refractivity contribution in [3.05, 3.63) is 59.7 Å². The van der Waals surface area contributed by atoms with E-state index in [1.54, 1.807) is 4.90 Å². The number of aliphatic carboxylic acids is 1. The number of carbonyl (C=O) groups excluding carboxylic acids is 2. The molecule has 2 fully saturated rings. The van der Waals surface area contributed by atoms with Crippen molar-refractivity contribution in [2.24, 2.45) is 5.92 Å². The number of nitrogens with one attached hydrogen (secondary N) is 1. The van der Waals surface area contributed by atoms with E-state index in [1.165, 1.54) is 22.3 Å². The molecule has 7 heteroatoms. The quantitative estimate of drug-likeness (QED) is 0.672. The molecule has 0 spiro atoms. The van der Waals surface area contributed by atoms with Gasteiger partial charge in [0.1, 0.15) is 6.61 Å². The maximum Gasteiger partial charge on any atom is 0.407 e. The van der Waals surface area contributed by atoms with E-state index in [2.05, 4.69) is 29.6 Å². The normalized spacial score (nSPS) is 23.4. The highest BCUT2D eigenvalue weighted by molar-refractivity contribution is 5.82. The van der Waals surface area contributed by atoms with Gasteiger partial charge in [-0.05, 0) is 54.4 Å². The Morgan fingerprint density at radius 2 is 1.62 bits per heavy atom. The fourth-order valence-corrected chi connectivity index (χ4v) is 5.68. The lowest BCUT2D eigenvalue weighted by Crippen LogP contribution is -2.54. The Hall–Kier alpha value is -3.35. The van der Waals surface area contributed by atoms with Crippen molar-refractivity contribution in [1.29, 1.82) is 0 Å². The standard InChI is InChI=1S/C27H30N2O5/c30-25(31)15-19-7-5-6-12-29(19)26(32)17-13-18(14-17)28-27(33)34-16-24-22-10-3-1-8-20(22)21-9-2-4-11-23(21)24/h1-4,8-11,17-19,24H,5-7,12-16H2,(H,28,33)(H,30,31)/t17?,18?,19-/m0/s1. The van der Waals surface area contributed by atoms with Crippen molar-refractivity contribution in [2.45, 2.75) is 56.5 Å². The molecule has 2 aromatic carbocycles. The summed E-state index contributed by atoms with van der Waals surface area (Å²) >= 11 is 0. The number of carboxylic acids is 1. The summed E-state index contributed by atoms with van der Waals surface area (Å²) in [6.45, 7) is 0.886. The smallest absolute Gasteiger partial charge is 0.407 e. The molecule has 0 unspecified atom stereocenters. The molecule has 0 radical (unpaired) electrons. The Labute approximate surface area is 199 Å². The van der Waals surface area contributed by atoms with Crippen molar-refractivity contribution < 1.29 is 24.2 Å². The van der Waals surface area contributed by atoms with Gasteiger partial charge in [-0.3, -0.25) is 9.59 Å². The molecule has 1 saturated carbocycles. The van der Waals surface area contributed by atoms with Crippen LogP contribution in [0.25, 0.3) is 11.1 Å². The van der Waals surface area contributed by atoms with Gasteiger partial charge < -0.3 is 20.1 Å². The van der Waals surface area contributed by atoms with Crippen LogP contribution in [-0.4, -0.2) is 53.2 Å². The average molecular weight is 463 g/mol. The minimum atomic E-state index is -0.867. The summed E-state index contributed by atoms with van der Waals surface area (Å²) in [6, 6.07) is 16.1. The van der Waals surface area contributed by atoms with Crippen LogP contribution in [0.2, 0.25) is 0 Å². The number of hydrogen-bond donors (Lipinski definition) is 2. The number of alkyl carbamates (subject to hydrolysis) is 1. The van der Waals surface area contributed by atoms with Crippen molar-refractivity contribution in [2.75, 3.05) is 13.2 Å². The third kappa shape index (κ3) is 4.39. The first-order valence-corrected chi connectivity index (χ1v) is 12.1. The molecule has 0 bridgehead atoms. The third-order valence-electron chi connectivity index (χ3n) is 7.47. The van der Waals surface area contributed by atoms with Gasteiger partial charge in [-0.2, -0.15) is 0 Å². The van der Waals surface area contributed by atoms with Crippen LogP contribution in [0.3, 0.4) is 0 Å². The lowest BCUT2D eigenvalue weighted by Gasteiger charge is -2.42. The minimum Gasteiger partial charge on any atom is -0.481 e. The first-order valence-electron chi connectivity index (χ1n) is 12.1. The molecule has 34 heavy (non-hydrogen) atoms. The second kappa shape index (κ2) is 9.49. The second-order valence-corrected chi connectivity index (χ2v) is 9.61. The molecule has 2 N–H and O–H groups in total. The van der Waals surface area contributed by atoms with Crippen LogP contribution in [0.5, 0.6) is 0 Å². The molecule has 2 aliphatic carbocycles. The van der Waals surface area contributed by atoms with Crippen LogP contribution >= 0.6 is 0 Å². The zero-order valence-electron chi connectivity index (χ0n) is 19.1. The van der Waals surface area contributed by atoms with E-state index in [9.17, 15) is 14.4 Å². The van der Waals surface area contributed by atoms with Gasteiger partial charge in [0.15, 0.2) is 0 Å². The highest BCUT2D eigenvalue weighted by Gasteiger charge is 2.40. The molecule has 1 aliphatic heterocycles. The summed E-state index contributed by atoms with van der Waals surface area (Å²) in [4.78, 5) is 38.3. The number of carboxylic acid groups (broad SMARTS) is 1. The number of piperidine rings is 1. The van der Waals surface area contributed by atoms with E-state index in [0.717, 1.165) is 19.3 Å². The number of rotatable bonds is 6. The lowest BCUT2D eigenvalue weighted by molar-refractivity contribution is -0.146. The monoisotopic (exact) mass is 462 g/mol. The van der Waals surface area contributed by atoms with Crippen LogP contribution in [0.15, 0.2) is 48.5 Å². The van der Waals surface area contributed by atoms with Crippen molar-refractivity contribution in [3.8, 4) is 11.1 Å². The molecular weight excluding hydrogens is 432 g/mol. The molecule has 1 saturated heterocycles. The largest absolute Gasteiger partial charge is 0.481 e. The van der Waals surface area contributed by atoms with Crippen molar-refractivity contribution in [3.63, 3.8) is 0 Å². The second-order valence-electron chi connectivity index (χ2n) is 9.61. The van der Waals surface area contributed by atoms with E-state index in [1.807, 2.05) is 24.3 Å². The zero-order chi connectivity index (χ0) is 23.7. The molecule has 2 amide bonds. The van der Waals surface area contributed by atoms with Crippen LogP contribution in [0, 0.1) is 5.92 Å². The molecule has 3 aliphatic rings. The number of amides is 2. The van der Waals surface area contributed by atoms with E-state index in [0.29, 0.717) is 19.4 Å². The molecule has 1 atom stereocenters. The van der Waals surface area contributed by atoms with Gasteiger partial charge in [0.2, 0.25) is 5.91 Å². The van der Waals surface area contributed by atoms with Gasteiger partial charge in [-0.1, -0.05) is 48.5 Å². The summed E-state index contributed by atoms with van der Waals surface area (Å²) in [5.74, 6) is -0.989. The Bertz CT molecular complexity index is 1050. The van der Waals surface area contributed by atoms with Crippen LogP contribution in [0.4, 0.5) is 4.79 Å². The summed E-state index contributed by atoms with van der Waals surface area (Å²) in [6.07, 6.45) is 3.29. The van der Waals surface area contributed by atoms with Crippen LogP contribution in [0.1, 0.15) is 55.6 Å². The summed E-state index contributed by atoms with van der Waals surface area (Å²) in [5.41, 5.74) is 4.71. The molecule has 5 rings (SSSR count). The third-order valence-corrected chi connectivity index (χ3v) is 7.47. The van der Waals surface area contributed by atoms with Gasteiger partial charge >= 0.3 is 12.1 Å². The zero-order valence-corrected chi connectivity index (χ0v) is 19.1. The Balaban J connectivity index is 1.12. The predicted octanol–water partition coefficient (Wildman–Crippen LogP) is 4.16. The number of hydrogen-bond acceptors (Lipinski definition) is 4. The maximum atomic E-state index is 12.9. The van der Waals surface area contributed by atoms with Crippen molar-refractivity contribution >= 4 is 18.0 Å². The van der Waals surface area contributed by atoms with E-state index in [-0.39, 0.29) is 42.9 Å². The molecule has 7 nitrogen and oxygen atoms in total. The minimum absolute atomic E-state index is 0.000111. The van der Waals surface area contributed by atoms with Gasteiger partial charge in [0, 0.05) is 30.5 Å². The highest BCUT2D eigenvalue weighted by Crippen LogP contribution is 2.44. The average Bonchev–Trinajstić information content (AvgIpc) is 3.13. The Morgan fingerprint density at radius 1 is 0.971 bits per heavy atom. The first kappa shape index (κ1) is 22.4. The first-order chi connectivity index (χ1) is 16.5. The molecule has 178 valence electrons. The van der Waals surface area contributed by atoms with Gasteiger partial charge in [0.05, 0.1) is 6.42 Å². The Kier molecular flexibility index (Phi) is 6.26. The molecule has 1 heterocycles. The number of benzene rings is 2. The number of nitrogens with zero attached hydrogens (tertiary/aromatic N) is 1. The SMILES string of the molecule is O=C(O)C[C@@H]1CCCCN1C(=O)C1CC(NC(=O)OCC2c3ccccc3-c3ccccc32)C1. The van der Waals surface area contributed by atoms with Gasteiger partial charge in [0.25, 0.3) is 0 Å². The van der Waals surface area contributed by atoms with E-state index in [4.69, 9.17) is 9.84 Å². The van der Waals surface area contributed by atoms with Crippen LogP contribution in [-0.2, 0) is 14.3 Å². The predicted molar refractivity (Wildman–Crippen MR) is 126 cm³/mol. The summed E-state index contributed by atoms with van der Waals surface area (Å²) in [7, 11) is 0. The Morgan fingerprint density at radius 3 is 2.26 bits per heavy atom. The molecule has 2 aromatic rings. The highest BCUT2D eigenvalue weighted by atomic mass is 16.5. The van der Waals surface area contributed by atoms with Crippen molar-refractivity contribution in [1.82, 2.24) is 10.2 Å². The van der Waals surface area contributed by atoms with E-state index < -0.39 is 12.1 Å². The summed E-state index contributed by atoms with van der Waals surface area (Å²) in [5, 5.41) is 12.0. The number of ether oxygens (including phenoxy) is 1. The van der Waals surface area contributed by atoms with Gasteiger partial charge in [-0.25, -0.2) is 4.79 Å². The fourth-order valence-electron chi connectivity index (χ4n) is 5.68. The topological polar surface area (TPSA) is 95.9 Å². The van der Waals surface area contributed by atoms with E-state index >= 15 is 0 Å². The number of likely N-dealkylation sites (tertiary alicyclic amines) is 1. The lowest BCUT2D eigenvalue weighted by atomic mass is 9.78. The summed E-state index contributed by atoms with van der Waals surface area (Å²) < 4.78 is 5.61. The molecular formula is C27H30N2O5. The van der Waals surface area contributed by atoms with Gasteiger partial charge in [-0.15, -0.1) is 0 Å². The van der Waals surface area contributed by atoms with Crippen LogP contribution < -0.4 is 5.32 Å². The maximum absolute atomic E-state index is 12.9. The fraction of sp³-hybridized carbons (Fsp3) is 0.444. The number of fused-ring (bicyclic) bond motifs is 3. The molecule has 0 aromatic heterocycles.